The molecule has 1 N–H and O–H groups in total. The second-order valence-electron chi connectivity index (χ2n) is 5.47. The number of nitriles is 1. The molecule has 1 aliphatic rings. The second-order valence-corrected chi connectivity index (χ2v) is 5.47. The molecule has 1 saturated carbocycles. The molecule has 1 aromatic carbocycles. The Morgan fingerprint density at radius 2 is 2.05 bits per heavy atom. The summed E-state index contributed by atoms with van der Waals surface area (Å²) in [6, 6.07) is 6.68. The lowest BCUT2D eigenvalue weighted by Gasteiger charge is -2.29. The summed E-state index contributed by atoms with van der Waals surface area (Å²) < 4.78 is 0. The number of nitrogens with one attached hydrogen (secondary N) is 1. The van der Waals surface area contributed by atoms with Gasteiger partial charge in [0, 0.05) is 17.3 Å². The van der Waals surface area contributed by atoms with E-state index >= 15 is 0 Å². The van der Waals surface area contributed by atoms with Crippen molar-refractivity contribution in [1.82, 2.24) is 0 Å². The third kappa shape index (κ3) is 3.02. The van der Waals surface area contributed by atoms with Gasteiger partial charge in [-0.25, -0.2) is 0 Å². The summed E-state index contributed by atoms with van der Waals surface area (Å²) in [5.74, 6) is -0.358. The highest BCUT2D eigenvalue weighted by molar-refractivity contribution is 5.97. The molecule has 0 spiro atoms. The fourth-order valence-corrected chi connectivity index (χ4v) is 2.68. The highest BCUT2D eigenvalue weighted by Gasteiger charge is 2.39. The van der Waals surface area contributed by atoms with Gasteiger partial charge in [-0.3, -0.25) is 14.9 Å². The Hall–Kier alpha value is -2.42. The van der Waals surface area contributed by atoms with Gasteiger partial charge >= 0.3 is 0 Å². The third-order valence-electron chi connectivity index (χ3n) is 4.02. The normalized spacial score (nSPS) is 16.8. The van der Waals surface area contributed by atoms with Gasteiger partial charge < -0.3 is 5.32 Å². The first kappa shape index (κ1) is 15.0. The molecule has 0 aromatic heterocycles. The topological polar surface area (TPSA) is 96.0 Å². The summed E-state index contributed by atoms with van der Waals surface area (Å²) in [5.41, 5.74) is -0.150. The zero-order valence-corrected chi connectivity index (χ0v) is 11.9. The van der Waals surface area contributed by atoms with Crippen LogP contribution < -0.4 is 5.32 Å². The number of hydrogen-bond donors (Lipinski definition) is 1. The van der Waals surface area contributed by atoms with Crippen molar-refractivity contribution in [3.63, 3.8) is 0 Å². The van der Waals surface area contributed by atoms with Crippen molar-refractivity contribution in [1.29, 1.82) is 5.26 Å². The van der Waals surface area contributed by atoms with E-state index in [1.165, 1.54) is 6.07 Å². The average molecular weight is 287 g/mol. The number of aryl methyl sites for hydroxylation is 1. The SMILES string of the molecule is Cc1ccc(NC(=O)C2(C#N)CCCCC2)cc1[N+](=O)[O-]. The van der Waals surface area contributed by atoms with Crippen LogP contribution in [0.5, 0.6) is 0 Å². The lowest BCUT2D eigenvalue weighted by molar-refractivity contribution is -0.385. The fourth-order valence-electron chi connectivity index (χ4n) is 2.68. The first-order valence-corrected chi connectivity index (χ1v) is 6.96. The van der Waals surface area contributed by atoms with Gasteiger partial charge in [0.1, 0.15) is 5.41 Å². The molecule has 21 heavy (non-hydrogen) atoms. The van der Waals surface area contributed by atoms with Crippen molar-refractivity contribution in [2.75, 3.05) is 5.32 Å². The molecule has 0 saturated heterocycles. The predicted molar refractivity (Wildman–Crippen MR) is 77.6 cm³/mol. The monoisotopic (exact) mass is 287 g/mol. The number of rotatable bonds is 3. The number of hydrogen-bond acceptors (Lipinski definition) is 4. The van der Waals surface area contributed by atoms with Crippen molar-refractivity contribution in [3.05, 3.63) is 33.9 Å². The molecule has 1 aromatic rings. The van der Waals surface area contributed by atoms with Crippen LogP contribution in [0, 0.1) is 33.8 Å². The molecular weight excluding hydrogens is 270 g/mol. The second kappa shape index (κ2) is 5.92. The first-order valence-electron chi connectivity index (χ1n) is 6.96. The Balaban J connectivity index is 2.21. The molecule has 6 heteroatoms. The minimum atomic E-state index is -1.00. The van der Waals surface area contributed by atoms with Gasteiger partial charge in [0.2, 0.25) is 5.91 Å². The van der Waals surface area contributed by atoms with Crippen LogP contribution in [0.4, 0.5) is 11.4 Å². The zero-order valence-electron chi connectivity index (χ0n) is 11.9. The Bertz CT molecular complexity index is 613. The Morgan fingerprint density at radius 1 is 1.38 bits per heavy atom. The molecule has 0 aliphatic heterocycles. The van der Waals surface area contributed by atoms with Crippen LogP contribution in [-0.4, -0.2) is 10.8 Å². The Labute approximate surface area is 122 Å². The number of nitro groups is 1. The lowest BCUT2D eigenvalue weighted by Crippen LogP contribution is -2.36. The minimum absolute atomic E-state index is 0.0394. The van der Waals surface area contributed by atoms with Crippen molar-refractivity contribution in [2.45, 2.75) is 39.0 Å². The molecule has 0 heterocycles. The number of carbonyl (C=O) groups is 1. The summed E-state index contributed by atoms with van der Waals surface area (Å²) >= 11 is 0. The summed E-state index contributed by atoms with van der Waals surface area (Å²) in [6.45, 7) is 1.64. The van der Waals surface area contributed by atoms with E-state index in [2.05, 4.69) is 11.4 Å². The van der Waals surface area contributed by atoms with E-state index in [0.717, 1.165) is 19.3 Å². The van der Waals surface area contributed by atoms with E-state index in [0.29, 0.717) is 24.1 Å². The van der Waals surface area contributed by atoms with E-state index < -0.39 is 10.3 Å². The molecule has 1 fully saturated rings. The molecule has 1 amide bonds. The van der Waals surface area contributed by atoms with Crippen molar-refractivity contribution in [3.8, 4) is 6.07 Å². The fraction of sp³-hybridized carbons (Fsp3) is 0.467. The molecule has 0 unspecified atom stereocenters. The van der Waals surface area contributed by atoms with Crippen LogP contribution in [0.3, 0.4) is 0 Å². The van der Waals surface area contributed by atoms with Crippen LogP contribution in [0.2, 0.25) is 0 Å². The van der Waals surface area contributed by atoms with Crippen molar-refractivity contribution < 1.29 is 9.72 Å². The first-order chi connectivity index (χ1) is 9.98. The molecule has 2 rings (SSSR count). The minimum Gasteiger partial charge on any atom is -0.324 e. The maximum Gasteiger partial charge on any atom is 0.274 e. The molecule has 0 radical (unpaired) electrons. The number of amides is 1. The van der Waals surface area contributed by atoms with Gasteiger partial charge in [-0.05, 0) is 25.8 Å². The summed E-state index contributed by atoms with van der Waals surface area (Å²) in [7, 11) is 0. The number of benzene rings is 1. The lowest BCUT2D eigenvalue weighted by atomic mass is 9.74. The predicted octanol–water partition coefficient (Wildman–Crippen LogP) is 3.32. The van der Waals surface area contributed by atoms with Crippen LogP contribution >= 0.6 is 0 Å². The number of nitro benzene ring substituents is 1. The summed E-state index contributed by atoms with van der Waals surface area (Å²) in [5, 5.41) is 22.9. The zero-order chi connectivity index (χ0) is 15.5. The van der Waals surface area contributed by atoms with Gasteiger partial charge in [-0.2, -0.15) is 5.26 Å². The van der Waals surface area contributed by atoms with Gasteiger partial charge in [-0.15, -0.1) is 0 Å². The van der Waals surface area contributed by atoms with E-state index in [1.807, 2.05) is 0 Å². The van der Waals surface area contributed by atoms with Gasteiger partial charge in [0.05, 0.1) is 11.0 Å². The molecule has 0 atom stereocenters. The standard InChI is InChI=1S/C15H17N3O3/c1-11-5-6-12(9-13(11)18(20)21)17-14(19)15(10-16)7-3-2-4-8-15/h5-6,9H,2-4,7-8H2,1H3,(H,17,19). The van der Waals surface area contributed by atoms with Gasteiger partial charge in [0.15, 0.2) is 0 Å². The molecule has 0 bridgehead atoms. The highest BCUT2D eigenvalue weighted by atomic mass is 16.6. The van der Waals surface area contributed by atoms with Gasteiger partial charge in [0.25, 0.3) is 5.69 Å². The summed E-state index contributed by atoms with van der Waals surface area (Å²) in [4.78, 5) is 22.8. The quantitative estimate of drug-likeness (QED) is 0.681. The molecular formula is C15H17N3O3. The number of anilines is 1. The Kier molecular flexibility index (Phi) is 4.22. The van der Waals surface area contributed by atoms with Crippen molar-refractivity contribution >= 4 is 17.3 Å². The molecule has 6 nitrogen and oxygen atoms in total. The van der Waals surface area contributed by atoms with Crippen molar-refractivity contribution in [2.24, 2.45) is 5.41 Å². The number of nitrogens with zero attached hydrogens (tertiary/aromatic N) is 2. The van der Waals surface area contributed by atoms with E-state index in [9.17, 15) is 20.2 Å². The van der Waals surface area contributed by atoms with Crippen LogP contribution in [0.15, 0.2) is 18.2 Å². The number of carbonyl (C=O) groups excluding carboxylic acids is 1. The smallest absolute Gasteiger partial charge is 0.274 e. The van der Waals surface area contributed by atoms with Crippen LogP contribution in [-0.2, 0) is 4.79 Å². The van der Waals surface area contributed by atoms with Crippen LogP contribution in [0.1, 0.15) is 37.7 Å². The maximum atomic E-state index is 12.4. The Morgan fingerprint density at radius 3 is 2.62 bits per heavy atom. The summed E-state index contributed by atoms with van der Waals surface area (Å²) in [6.07, 6.45) is 3.84. The highest BCUT2D eigenvalue weighted by Crippen LogP contribution is 2.37. The van der Waals surface area contributed by atoms with Crippen LogP contribution in [0.25, 0.3) is 0 Å². The van der Waals surface area contributed by atoms with E-state index in [-0.39, 0.29) is 11.6 Å². The maximum absolute atomic E-state index is 12.4. The molecule has 1 aliphatic carbocycles. The molecule has 110 valence electrons. The average Bonchev–Trinajstić information content (AvgIpc) is 2.49. The van der Waals surface area contributed by atoms with Gasteiger partial charge in [-0.1, -0.05) is 25.3 Å². The van der Waals surface area contributed by atoms with E-state index in [4.69, 9.17) is 0 Å². The third-order valence-corrected chi connectivity index (χ3v) is 4.02. The van der Waals surface area contributed by atoms with E-state index in [1.54, 1.807) is 19.1 Å². The largest absolute Gasteiger partial charge is 0.324 e.